The molecule has 0 spiro atoms. The molecule has 0 saturated heterocycles. The van der Waals surface area contributed by atoms with E-state index < -0.39 is 0 Å². The molecule has 3 nitrogen and oxygen atoms in total. The Kier molecular flexibility index (Phi) is 3.60. The molecular formula is C17H17FN2O. The molecule has 0 bridgehead atoms. The van der Waals surface area contributed by atoms with Gasteiger partial charge in [0.25, 0.3) is 5.91 Å². The zero-order chi connectivity index (χ0) is 14.8. The summed E-state index contributed by atoms with van der Waals surface area (Å²) in [7, 11) is 0. The lowest BCUT2D eigenvalue weighted by molar-refractivity contribution is 0.0940. The molecule has 2 aromatic carbocycles. The molecule has 3 rings (SSSR count). The van der Waals surface area contributed by atoms with Crippen molar-refractivity contribution in [2.45, 2.75) is 19.4 Å². The van der Waals surface area contributed by atoms with Gasteiger partial charge < -0.3 is 10.6 Å². The first-order chi connectivity index (χ1) is 10.1. The number of hydrogen-bond donors (Lipinski definition) is 2. The van der Waals surface area contributed by atoms with Crippen LogP contribution in [0.5, 0.6) is 0 Å². The van der Waals surface area contributed by atoms with Crippen molar-refractivity contribution in [3.05, 3.63) is 65.0 Å². The highest BCUT2D eigenvalue weighted by Crippen LogP contribution is 2.23. The van der Waals surface area contributed by atoms with E-state index in [1.54, 1.807) is 12.1 Å². The lowest BCUT2D eigenvalue weighted by Crippen LogP contribution is -2.26. The van der Waals surface area contributed by atoms with Crippen molar-refractivity contribution in [2.75, 3.05) is 11.9 Å². The minimum absolute atomic E-state index is 0.150. The van der Waals surface area contributed by atoms with Crippen LogP contribution in [0.3, 0.4) is 0 Å². The summed E-state index contributed by atoms with van der Waals surface area (Å²) in [5.41, 5.74) is 3.64. The molecule has 4 heteroatoms. The number of hydrogen-bond acceptors (Lipinski definition) is 2. The molecular weight excluding hydrogens is 267 g/mol. The molecule has 1 amide bonds. The third kappa shape index (κ3) is 2.89. The van der Waals surface area contributed by atoms with Crippen LogP contribution in [0.15, 0.2) is 42.5 Å². The number of amides is 1. The number of fused-ring (bicyclic) bond motifs is 1. The molecule has 0 aromatic heterocycles. The maximum Gasteiger partial charge on any atom is 0.251 e. The Morgan fingerprint density at radius 2 is 2.14 bits per heavy atom. The van der Waals surface area contributed by atoms with Gasteiger partial charge in [0.2, 0.25) is 0 Å². The largest absolute Gasteiger partial charge is 0.384 e. The van der Waals surface area contributed by atoms with E-state index in [-0.39, 0.29) is 17.8 Å². The summed E-state index contributed by atoms with van der Waals surface area (Å²) in [4.78, 5) is 12.3. The average Bonchev–Trinajstić information content (AvgIpc) is 2.94. The van der Waals surface area contributed by atoms with Crippen molar-refractivity contribution in [2.24, 2.45) is 0 Å². The van der Waals surface area contributed by atoms with E-state index in [0.29, 0.717) is 5.56 Å². The van der Waals surface area contributed by atoms with Crippen molar-refractivity contribution >= 4 is 11.6 Å². The molecule has 1 atom stereocenters. The lowest BCUT2D eigenvalue weighted by atomic mass is 10.1. The summed E-state index contributed by atoms with van der Waals surface area (Å²) in [6.45, 7) is 2.76. The molecule has 0 unspecified atom stereocenters. The van der Waals surface area contributed by atoms with E-state index in [2.05, 4.69) is 10.6 Å². The minimum Gasteiger partial charge on any atom is -0.384 e. The summed E-state index contributed by atoms with van der Waals surface area (Å²) in [5.74, 6) is -0.446. The summed E-state index contributed by atoms with van der Waals surface area (Å²) >= 11 is 0. The normalized spacial score (nSPS) is 14.2. The van der Waals surface area contributed by atoms with E-state index >= 15 is 0 Å². The van der Waals surface area contributed by atoms with E-state index in [1.165, 1.54) is 17.7 Å². The molecule has 2 N–H and O–H groups in total. The Balaban J connectivity index is 1.74. The van der Waals surface area contributed by atoms with Gasteiger partial charge in [-0.25, -0.2) is 4.39 Å². The van der Waals surface area contributed by atoms with Crippen molar-refractivity contribution in [3.8, 4) is 0 Å². The maximum absolute atomic E-state index is 13.2. The number of halogens is 1. The van der Waals surface area contributed by atoms with Crippen LogP contribution in [0, 0.1) is 5.82 Å². The molecule has 0 aliphatic carbocycles. The number of carbonyl (C=O) groups excluding carboxylic acids is 1. The third-order valence-electron chi connectivity index (χ3n) is 3.78. The van der Waals surface area contributed by atoms with Crippen LogP contribution >= 0.6 is 0 Å². The van der Waals surface area contributed by atoms with Crippen LogP contribution in [0.1, 0.15) is 34.5 Å². The molecule has 0 radical (unpaired) electrons. The third-order valence-corrected chi connectivity index (χ3v) is 3.78. The quantitative estimate of drug-likeness (QED) is 0.908. The van der Waals surface area contributed by atoms with E-state index in [0.717, 1.165) is 24.2 Å². The Labute approximate surface area is 123 Å². The van der Waals surface area contributed by atoms with Crippen molar-refractivity contribution in [1.82, 2.24) is 5.32 Å². The van der Waals surface area contributed by atoms with Crippen LogP contribution in [-0.4, -0.2) is 12.5 Å². The van der Waals surface area contributed by atoms with Gasteiger partial charge in [0.1, 0.15) is 5.82 Å². The number of rotatable bonds is 3. The van der Waals surface area contributed by atoms with Gasteiger partial charge in [-0.1, -0.05) is 18.2 Å². The smallest absolute Gasteiger partial charge is 0.251 e. The first kappa shape index (κ1) is 13.6. The van der Waals surface area contributed by atoms with Gasteiger partial charge in [-0.2, -0.15) is 0 Å². The summed E-state index contributed by atoms with van der Waals surface area (Å²) in [6.07, 6.45) is 0.997. The topological polar surface area (TPSA) is 41.1 Å². The number of anilines is 1. The Bertz CT molecular complexity index is 684. The molecule has 108 valence electrons. The van der Waals surface area contributed by atoms with Gasteiger partial charge in [-0.05, 0) is 48.7 Å². The van der Waals surface area contributed by atoms with Crippen molar-refractivity contribution in [3.63, 3.8) is 0 Å². The predicted molar refractivity (Wildman–Crippen MR) is 80.9 cm³/mol. The van der Waals surface area contributed by atoms with Crippen LogP contribution in [-0.2, 0) is 6.42 Å². The maximum atomic E-state index is 13.2. The van der Waals surface area contributed by atoms with Crippen LogP contribution in [0.2, 0.25) is 0 Å². The fourth-order valence-corrected chi connectivity index (χ4v) is 2.57. The molecule has 0 fully saturated rings. The highest BCUT2D eigenvalue weighted by molar-refractivity contribution is 5.95. The Morgan fingerprint density at radius 3 is 2.95 bits per heavy atom. The molecule has 1 aliphatic heterocycles. The summed E-state index contributed by atoms with van der Waals surface area (Å²) < 4.78 is 13.2. The summed E-state index contributed by atoms with van der Waals surface area (Å²) in [6, 6.07) is 11.7. The first-order valence-electron chi connectivity index (χ1n) is 7.06. The highest BCUT2D eigenvalue weighted by atomic mass is 19.1. The van der Waals surface area contributed by atoms with E-state index in [9.17, 15) is 9.18 Å². The second-order valence-corrected chi connectivity index (χ2v) is 5.30. The molecule has 1 heterocycles. The van der Waals surface area contributed by atoms with E-state index in [1.807, 2.05) is 25.1 Å². The van der Waals surface area contributed by atoms with Gasteiger partial charge in [-0.3, -0.25) is 4.79 Å². The second kappa shape index (κ2) is 5.56. The monoisotopic (exact) mass is 284 g/mol. The minimum atomic E-state index is -0.296. The predicted octanol–water partition coefficient (Wildman–Crippen LogP) is 3.28. The lowest BCUT2D eigenvalue weighted by Gasteiger charge is -2.15. The van der Waals surface area contributed by atoms with Crippen LogP contribution in [0.4, 0.5) is 10.1 Å². The van der Waals surface area contributed by atoms with Crippen LogP contribution in [0.25, 0.3) is 0 Å². The Hall–Kier alpha value is -2.36. The van der Waals surface area contributed by atoms with Gasteiger partial charge in [0.15, 0.2) is 0 Å². The SMILES string of the molecule is C[C@@H](NC(=O)c1ccc2c(c1)NCC2)c1cccc(F)c1. The number of carbonyl (C=O) groups is 1. The standard InChI is InChI=1S/C17H17FN2O/c1-11(13-3-2-4-15(18)9-13)20-17(21)14-6-5-12-7-8-19-16(12)10-14/h2-6,9-11,19H,7-8H2,1H3,(H,20,21)/t11-/m1/s1. The first-order valence-corrected chi connectivity index (χ1v) is 7.06. The van der Waals surface area contributed by atoms with Gasteiger partial charge in [-0.15, -0.1) is 0 Å². The van der Waals surface area contributed by atoms with E-state index in [4.69, 9.17) is 0 Å². The summed E-state index contributed by atoms with van der Waals surface area (Å²) in [5, 5.41) is 6.16. The highest BCUT2D eigenvalue weighted by Gasteiger charge is 2.15. The van der Waals surface area contributed by atoms with Gasteiger partial charge >= 0.3 is 0 Å². The van der Waals surface area contributed by atoms with Crippen molar-refractivity contribution in [1.29, 1.82) is 0 Å². The fraction of sp³-hybridized carbons (Fsp3) is 0.235. The molecule has 21 heavy (non-hydrogen) atoms. The molecule has 0 saturated carbocycles. The average molecular weight is 284 g/mol. The number of nitrogens with one attached hydrogen (secondary N) is 2. The van der Waals surface area contributed by atoms with Crippen molar-refractivity contribution < 1.29 is 9.18 Å². The Morgan fingerprint density at radius 1 is 1.29 bits per heavy atom. The fourth-order valence-electron chi connectivity index (χ4n) is 2.57. The van der Waals surface area contributed by atoms with Gasteiger partial charge in [0.05, 0.1) is 6.04 Å². The zero-order valence-corrected chi connectivity index (χ0v) is 11.8. The molecule has 2 aromatic rings. The van der Waals surface area contributed by atoms with Gasteiger partial charge in [0, 0.05) is 17.8 Å². The van der Waals surface area contributed by atoms with Crippen LogP contribution < -0.4 is 10.6 Å². The molecule has 1 aliphatic rings. The zero-order valence-electron chi connectivity index (χ0n) is 11.8. The second-order valence-electron chi connectivity index (χ2n) is 5.30. The number of benzene rings is 2.